The number of carbonyl (C=O) groups excluding carboxylic acids is 1. The summed E-state index contributed by atoms with van der Waals surface area (Å²) in [4.78, 5) is 14.4. The van der Waals surface area contributed by atoms with Crippen LogP contribution in [0.1, 0.15) is 44.5 Å². The van der Waals surface area contributed by atoms with Gasteiger partial charge in [-0.15, -0.1) is 0 Å². The number of hydrogen-bond donors (Lipinski definition) is 1. The molecule has 2 aliphatic rings. The summed E-state index contributed by atoms with van der Waals surface area (Å²) in [5, 5.41) is 0. The zero-order valence-electron chi connectivity index (χ0n) is 14.3. The highest BCUT2D eigenvalue weighted by Crippen LogP contribution is 2.36. The second-order valence-electron chi connectivity index (χ2n) is 7.51. The van der Waals surface area contributed by atoms with E-state index in [2.05, 4.69) is 0 Å². The fourth-order valence-corrected chi connectivity index (χ4v) is 2.95. The van der Waals surface area contributed by atoms with E-state index in [1.807, 2.05) is 56.9 Å². The van der Waals surface area contributed by atoms with Gasteiger partial charge in [-0.1, -0.05) is 12.1 Å². The lowest BCUT2D eigenvalue weighted by Gasteiger charge is -2.32. The highest BCUT2D eigenvalue weighted by atomic mass is 16.7. The molecule has 0 saturated carbocycles. The van der Waals surface area contributed by atoms with Crippen LogP contribution in [0.2, 0.25) is 0 Å². The Kier molecular flexibility index (Phi) is 4.03. The maximum absolute atomic E-state index is 12.6. The third-order valence-electron chi connectivity index (χ3n) is 5.17. The van der Waals surface area contributed by atoms with E-state index in [0.717, 1.165) is 18.4 Å². The summed E-state index contributed by atoms with van der Waals surface area (Å²) in [6.45, 7) is 9.43. The minimum atomic E-state index is -0.450. The normalized spacial score (nSPS) is 25.9. The van der Waals surface area contributed by atoms with Crippen molar-refractivity contribution >= 4 is 18.5 Å². The van der Waals surface area contributed by atoms with E-state index < -0.39 is 7.12 Å². The highest BCUT2D eigenvalue weighted by Gasteiger charge is 2.51. The minimum absolute atomic E-state index is 0.0244. The van der Waals surface area contributed by atoms with Crippen LogP contribution in [0, 0.1) is 0 Å². The Morgan fingerprint density at radius 1 is 1.26 bits per heavy atom. The standard InChI is InChI=1S/C17H25BN2O3/c1-16(2)17(3,4)23-18(22-16)13-7-5-6-12(10-13)15(21)20-9-8-14(19)11-20/h5-7,10,14H,8-9,11,19H2,1-4H3/t14-/m1/s1. The molecule has 0 spiro atoms. The van der Waals surface area contributed by atoms with Gasteiger partial charge in [0.1, 0.15) is 0 Å². The molecule has 1 aromatic carbocycles. The predicted octanol–water partition coefficient (Wildman–Crippen LogP) is 1.16. The molecule has 0 aliphatic carbocycles. The smallest absolute Gasteiger partial charge is 0.399 e. The van der Waals surface area contributed by atoms with Gasteiger partial charge in [0.2, 0.25) is 0 Å². The summed E-state index contributed by atoms with van der Waals surface area (Å²) in [6.07, 6.45) is 0.864. The van der Waals surface area contributed by atoms with Crippen molar-refractivity contribution in [1.29, 1.82) is 0 Å². The molecule has 3 rings (SSSR count). The molecule has 124 valence electrons. The third kappa shape index (κ3) is 3.03. The summed E-state index contributed by atoms with van der Waals surface area (Å²) in [5.41, 5.74) is 6.65. The first kappa shape index (κ1) is 16.5. The Labute approximate surface area is 138 Å². The van der Waals surface area contributed by atoms with Crippen LogP contribution in [0.25, 0.3) is 0 Å². The van der Waals surface area contributed by atoms with E-state index in [9.17, 15) is 4.79 Å². The molecule has 1 aromatic rings. The van der Waals surface area contributed by atoms with Crippen LogP contribution in [-0.4, -0.2) is 48.3 Å². The van der Waals surface area contributed by atoms with Gasteiger partial charge >= 0.3 is 7.12 Å². The average Bonchev–Trinajstić information content (AvgIpc) is 3.00. The number of amides is 1. The topological polar surface area (TPSA) is 64.8 Å². The van der Waals surface area contributed by atoms with Crippen molar-refractivity contribution in [3.8, 4) is 0 Å². The van der Waals surface area contributed by atoms with Crippen molar-refractivity contribution in [2.45, 2.75) is 51.4 Å². The van der Waals surface area contributed by atoms with Gasteiger partial charge in [-0.25, -0.2) is 0 Å². The Bertz CT molecular complexity index is 602. The molecule has 2 fully saturated rings. The molecular formula is C17H25BN2O3. The van der Waals surface area contributed by atoms with Gasteiger partial charge in [0.05, 0.1) is 11.2 Å². The van der Waals surface area contributed by atoms with Gasteiger partial charge in [0.15, 0.2) is 0 Å². The molecule has 0 aromatic heterocycles. The molecule has 0 bridgehead atoms. The third-order valence-corrected chi connectivity index (χ3v) is 5.17. The summed E-state index contributed by atoms with van der Waals surface area (Å²) >= 11 is 0. The monoisotopic (exact) mass is 316 g/mol. The van der Waals surface area contributed by atoms with Crippen molar-refractivity contribution in [3.63, 3.8) is 0 Å². The van der Waals surface area contributed by atoms with Crippen LogP contribution in [0.15, 0.2) is 24.3 Å². The van der Waals surface area contributed by atoms with E-state index in [1.165, 1.54) is 0 Å². The zero-order chi connectivity index (χ0) is 16.8. The molecule has 6 heteroatoms. The van der Waals surface area contributed by atoms with E-state index in [-0.39, 0.29) is 23.2 Å². The highest BCUT2D eigenvalue weighted by molar-refractivity contribution is 6.62. The molecule has 2 saturated heterocycles. The van der Waals surface area contributed by atoms with Crippen molar-refractivity contribution in [3.05, 3.63) is 29.8 Å². The number of nitrogens with two attached hydrogens (primary N) is 1. The van der Waals surface area contributed by atoms with Crippen molar-refractivity contribution in [2.75, 3.05) is 13.1 Å². The van der Waals surface area contributed by atoms with Crippen LogP contribution in [0.5, 0.6) is 0 Å². The molecular weight excluding hydrogens is 291 g/mol. The van der Waals surface area contributed by atoms with E-state index in [4.69, 9.17) is 15.0 Å². The minimum Gasteiger partial charge on any atom is -0.399 e. The predicted molar refractivity (Wildman–Crippen MR) is 90.7 cm³/mol. The number of carbonyl (C=O) groups is 1. The zero-order valence-corrected chi connectivity index (χ0v) is 14.3. The molecule has 2 aliphatic heterocycles. The largest absolute Gasteiger partial charge is 0.494 e. The van der Waals surface area contributed by atoms with Crippen LogP contribution < -0.4 is 11.2 Å². The van der Waals surface area contributed by atoms with Crippen molar-refractivity contribution < 1.29 is 14.1 Å². The first-order chi connectivity index (χ1) is 10.7. The van der Waals surface area contributed by atoms with Gasteiger partial charge in [-0.2, -0.15) is 0 Å². The first-order valence-corrected chi connectivity index (χ1v) is 8.20. The number of benzene rings is 1. The summed E-state index contributed by atoms with van der Waals surface area (Å²) in [7, 11) is -0.450. The summed E-state index contributed by atoms with van der Waals surface area (Å²) in [5.74, 6) is 0.0244. The second-order valence-corrected chi connectivity index (χ2v) is 7.51. The maximum atomic E-state index is 12.6. The van der Waals surface area contributed by atoms with Crippen molar-refractivity contribution in [2.24, 2.45) is 5.73 Å². The fraction of sp³-hybridized carbons (Fsp3) is 0.588. The molecule has 1 atom stereocenters. The number of hydrogen-bond acceptors (Lipinski definition) is 4. The van der Waals surface area contributed by atoms with Crippen LogP contribution in [0.3, 0.4) is 0 Å². The molecule has 2 heterocycles. The molecule has 5 nitrogen and oxygen atoms in total. The lowest BCUT2D eigenvalue weighted by Crippen LogP contribution is -2.41. The summed E-state index contributed by atoms with van der Waals surface area (Å²) < 4.78 is 12.1. The van der Waals surface area contributed by atoms with Crippen LogP contribution in [-0.2, 0) is 9.31 Å². The lowest BCUT2D eigenvalue weighted by molar-refractivity contribution is 0.00578. The Morgan fingerprint density at radius 2 is 1.91 bits per heavy atom. The number of nitrogens with zero attached hydrogens (tertiary/aromatic N) is 1. The SMILES string of the molecule is CC1(C)OB(c2cccc(C(=O)N3CC[C@@H](N)C3)c2)OC1(C)C. The number of likely N-dealkylation sites (tertiary alicyclic amines) is 1. The first-order valence-electron chi connectivity index (χ1n) is 8.20. The van der Waals surface area contributed by atoms with Gasteiger partial charge in [0, 0.05) is 24.7 Å². The molecule has 0 unspecified atom stereocenters. The number of rotatable bonds is 2. The maximum Gasteiger partial charge on any atom is 0.494 e. The Morgan fingerprint density at radius 3 is 2.48 bits per heavy atom. The van der Waals surface area contributed by atoms with Gasteiger partial charge in [-0.05, 0) is 51.7 Å². The molecule has 2 N–H and O–H groups in total. The fourth-order valence-electron chi connectivity index (χ4n) is 2.95. The quantitative estimate of drug-likeness (QED) is 0.832. The molecule has 23 heavy (non-hydrogen) atoms. The second kappa shape index (κ2) is 5.62. The van der Waals surface area contributed by atoms with Crippen LogP contribution in [0.4, 0.5) is 0 Å². The Balaban J connectivity index is 1.80. The van der Waals surface area contributed by atoms with Crippen LogP contribution >= 0.6 is 0 Å². The molecule has 0 radical (unpaired) electrons. The summed E-state index contributed by atoms with van der Waals surface area (Å²) in [6, 6.07) is 7.61. The van der Waals surface area contributed by atoms with E-state index in [0.29, 0.717) is 12.1 Å². The van der Waals surface area contributed by atoms with Gasteiger partial charge in [0.25, 0.3) is 5.91 Å². The van der Waals surface area contributed by atoms with E-state index in [1.54, 1.807) is 0 Å². The van der Waals surface area contributed by atoms with E-state index >= 15 is 0 Å². The Hall–Kier alpha value is -1.37. The van der Waals surface area contributed by atoms with Gasteiger partial charge in [-0.3, -0.25) is 4.79 Å². The lowest BCUT2D eigenvalue weighted by atomic mass is 9.78. The van der Waals surface area contributed by atoms with Gasteiger partial charge < -0.3 is 19.9 Å². The molecule has 1 amide bonds. The average molecular weight is 316 g/mol. The van der Waals surface area contributed by atoms with Crippen molar-refractivity contribution in [1.82, 2.24) is 4.90 Å².